The Balaban J connectivity index is 2.31. The van der Waals surface area contributed by atoms with Crippen LogP contribution in [0.3, 0.4) is 0 Å². The average Bonchev–Trinajstić information content (AvgIpc) is 2.46. The molecule has 0 saturated carbocycles. The lowest BCUT2D eigenvalue weighted by Crippen LogP contribution is -2.13. The van der Waals surface area contributed by atoms with Gasteiger partial charge in [-0.1, -0.05) is 19.1 Å². The molecule has 3 heteroatoms. The van der Waals surface area contributed by atoms with E-state index in [1.807, 2.05) is 12.3 Å². The summed E-state index contributed by atoms with van der Waals surface area (Å²) in [6, 6.07) is 10.6. The SMILES string of the molecule is CCc1ccc(N(C)c2ccncc2CN)cc1. The Labute approximate surface area is 108 Å². The maximum Gasteiger partial charge on any atom is 0.0484 e. The first-order chi connectivity index (χ1) is 8.76. The fourth-order valence-electron chi connectivity index (χ4n) is 2.00. The Morgan fingerprint density at radius 2 is 1.89 bits per heavy atom. The van der Waals surface area contributed by atoms with Gasteiger partial charge < -0.3 is 10.6 Å². The van der Waals surface area contributed by atoms with Gasteiger partial charge in [-0.3, -0.25) is 4.98 Å². The van der Waals surface area contributed by atoms with E-state index in [0.717, 1.165) is 23.4 Å². The minimum Gasteiger partial charge on any atom is -0.344 e. The van der Waals surface area contributed by atoms with Crippen molar-refractivity contribution in [2.75, 3.05) is 11.9 Å². The number of pyridine rings is 1. The first-order valence-electron chi connectivity index (χ1n) is 6.22. The Morgan fingerprint density at radius 1 is 1.17 bits per heavy atom. The number of hydrogen-bond donors (Lipinski definition) is 1. The fraction of sp³-hybridized carbons (Fsp3) is 0.267. The summed E-state index contributed by atoms with van der Waals surface area (Å²) in [4.78, 5) is 6.26. The van der Waals surface area contributed by atoms with E-state index in [0.29, 0.717) is 6.54 Å². The van der Waals surface area contributed by atoms with Crippen LogP contribution < -0.4 is 10.6 Å². The summed E-state index contributed by atoms with van der Waals surface area (Å²) >= 11 is 0. The second-order valence-electron chi connectivity index (χ2n) is 4.29. The van der Waals surface area contributed by atoms with Gasteiger partial charge in [0, 0.05) is 42.9 Å². The summed E-state index contributed by atoms with van der Waals surface area (Å²) in [6.07, 6.45) is 4.69. The number of hydrogen-bond acceptors (Lipinski definition) is 3. The molecule has 0 spiro atoms. The molecule has 0 aliphatic rings. The maximum absolute atomic E-state index is 5.75. The molecule has 0 aliphatic carbocycles. The zero-order valence-electron chi connectivity index (χ0n) is 10.9. The molecular formula is C15H19N3. The average molecular weight is 241 g/mol. The van der Waals surface area contributed by atoms with Gasteiger partial charge in [-0.05, 0) is 30.2 Å². The Bertz CT molecular complexity index is 505. The minimum atomic E-state index is 0.501. The van der Waals surface area contributed by atoms with Crippen LogP contribution in [0.4, 0.5) is 11.4 Å². The van der Waals surface area contributed by atoms with Crippen LogP contribution in [0.25, 0.3) is 0 Å². The first kappa shape index (κ1) is 12.6. The predicted molar refractivity (Wildman–Crippen MR) is 76.0 cm³/mol. The van der Waals surface area contributed by atoms with Crippen molar-refractivity contribution in [3.63, 3.8) is 0 Å². The zero-order chi connectivity index (χ0) is 13.0. The largest absolute Gasteiger partial charge is 0.344 e. The number of nitrogens with two attached hydrogens (primary N) is 1. The predicted octanol–water partition coefficient (Wildman–Crippen LogP) is 2.87. The van der Waals surface area contributed by atoms with E-state index >= 15 is 0 Å². The van der Waals surface area contributed by atoms with Crippen LogP contribution in [0.5, 0.6) is 0 Å². The second kappa shape index (κ2) is 5.65. The van der Waals surface area contributed by atoms with Crippen molar-refractivity contribution in [3.8, 4) is 0 Å². The third-order valence-corrected chi connectivity index (χ3v) is 3.19. The first-order valence-corrected chi connectivity index (χ1v) is 6.22. The van der Waals surface area contributed by atoms with E-state index in [4.69, 9.17) is 5.73 Å². The van der Waals surface area contributed by atoms with Gasteiger partial charge in [0.15, 0.2) is 0 Å². The zero-order valence-corrected chi connectivity index (χ0v) is 10.9. The molecule has 1 aromatic carbocycles. The molecular weight excluding hydrogens is 222 g/mol. The topological polar surface area (TPSA) is 42.2 Å². The fourth-order valence-corrected chi connectivity index (χ4v) is 2.00. The van der Waals surface area contributed by atoms with Crippen molar-refractivity contribution in [3.05, 3.63) is 53.9 Å². The van der Waals surface area contributed by atoms with Crippen molar-refractivity contribution in [1.82, 2.24) is 4.98 Å². The lowest BCUT2D eigenvalue weighted by Gasteiger charge is -2.22. The molecule has 0 radical (unpaired) electrons. The monoisotopic (exact) mass is 241 g/mol. The summed E-state index contributed by atoms with van der Waals surface area (Å²) in [5.74, 6) is 0. The molecule has 2 aromatic rings. The van der Waals surface area contributed by atoms with Crippen LogP contribution in [-0.2, 0) is 13.0 Å². The highest BCUT2D eigenvalue weighted by Gasteiger charge is 2.08. The summed E-state index contributed by atoms with van der Waals surface area (Å²) in [7, 11) is 2.05. The molecule has 0 fully saturated rings. The second-order valence-corrected chi connectivity index (χ2v) is 4.29. The molecule has 1 heterocycles. The molecule has 94 valence electrons. The lowest BCUT2D eigenvalue weighted by molar-refractivity contribution is 1.02. The quantitative estimate of drug-likeness (QED) is 0.895. The molecule has 18 heavy (non-hydrogen) atoms. The minimum absolute atomic E-state index is 0.501. The summed E-state index contributed by atoms with van der Waals surface area (Å²) in [6.45, 7) is 2.66. The number of nitrogens with zero attached hydrogens (tertiary/aromatic N) is 2. The van der Waals surface area contributed by atoms with Gasteiger partial charge in [-0.15, -0.1) is 0 Å². The van der Waals surface area contributed by atoms with Gasteiger partial charge in [0.25, 0.3) is 0 Å². The highest BCUT2D eigenvalue weighted by atomic mass is 15.1. The molecule has 0 unspecified atom stereocenters. The summed E-state index contributed by atoms with van der Waals surface area (Å²) in [5, 5.41) is 0. The lowest BCUT2D eigenvalue weighted by atomic mass is 10.1. The molecule has 3 nitrogen and oxygen atoms in total. The van der Waals surface area contributed by atoms with Crippen LogP contribution in [0, 0.1) is 0 Å². The summed E-state index contributed by atoms with van der Waals surface area (Å²) < 4.78 is 0. The molecule has 2 rings (SSSR count). The van der Waals surface area contributed by atoms with Gasteiger partial charge in [-0.2, -0.15) is 0 Å². The molecule has 0 aliphatic heterocycles. The van der Waals surface area contributed by atoms with E-state index in [1.54, 1.807) is 6.20 Å². The van der Waals surface area contributed by atoms with E-state index in [2.05, 4.69) is 48.1 Å². The smallest absolute Gasteiger partial charge is 0.0484 e. The molecule has 2 N–H and O–H groups in total. The Morgan fingerprint density at radius 3 is 2.50 bits per heavy atom. The van der Waals surface area contributed by atoms with Crippen molar-refractivity contribution < 1.29 is 0 Å². The summed E-state index contributed by atoms with van der Waals surface area (Å²) in [5.41, 5.74) is 10.4. The molecule has 0 atom stereocenters. The molecule has 0 bridgehead atoms. The highest BCUT2D eigenvalue weighted by Crippen LogP contribution is 2.26. The Kier molecular flexibility index (Phi) is 3.95. The van der Waals surface area contributed by atoms with Gasteiger partial charge in [0.2, 0.25) is 0 Å². The number of anilines is 2. The number of aryl methyl sites for hydroxylation is 1. The van der Waals surface area contributed by atoms with Gasteiger partial charge in [0.1, 0.15) is 0 Å². The van der Waals surface area contributed by atoms with Crippen LogP contribution in [0.2, 0.25) is 0 Å². The highest BCUT2D eigenvalue weighted by molar-refractivity contribution is 5.65. The van der Waals surface area contributed by atoms with Crippen LogP contribution in [0.15, 0.2) is 42.7 Å². The van der Waals surface area contributed by atoms with E-state index in [1.165, 1.54) is 5.56 Å². The standard InChI is InChI=1S/C15H19N3/c1-3-12-4-6-14(7-5-12)18(2)15-8-9-17-11-13(15)10-16/h4-9,11H,3,10,16H2,1-2H3. The van der Waals surface area contributed by atoms with E-state index < -0.39 is 0 Å². The number of rotatable bonds is 4. The number of aromatic nitrogens is 1. The normalized spacial score (nSPS) is 10.4. The third kappa shape index (κ3) is 2.51. The van der Waals surface area contributed by atoms with E-state index in [-0.39, 0.29) is 0 Å². The Hall–Kier alpha value is -1.87. The van der Waals surface area contributed by atoms with E-state index in [9.17, 15) is 0 Å². The maximum atomic E-state index is 5.75. The van der Waals surface area contributed by atoms with Crippen LogP contribution in [-0.4, -0.2) is 12.0 Å². The van der Waals surface area contributed by atoms with Gasteiger partial charge in [-0.25, -0.2) is 0 Å². The van der Waals surface area contributed by atoms with Crippen LogP contribution >= 0.6 is 0 Å². The van der Waals surface area contributed by atoms with Gasteiger partial charge >= 0.3 is 0 Å². The number of benzene rings is 1. The van der Waals surface area contributed by atoms with Crippen molar-refractivity contribution in [2.24, 2.45) is 5.73 Å². The molecule has 1 aromatic heterocycles. The van der Waals surface area contributed by atoms with Crippen molar-refractivity contribution in [1.29, 1.82) is 0 Å². The molecule has 0 saturated heterocycles. The van der Waals surface area contributed by atoms with Crippen molar-refractivity contribution >= 4 is 11.4 Å². The van der Waals surface area contributed by atoms with Gasteiger partial charge in [0.05, 0.1) is 0 Å². The molecule has 0 amide bonds. The van der Waals surface area contributed by atoms with Crippen molar-refractivity contribution in [2.45, 2.75) is 19.9 Å². The third-order valence-electron chi connectivity index (χ3n) is 3.19. The van der Waals surface area contributed by atoms with Crippen LogP contribution in [0.1, 0.15) is 18.1 Å².